The molecule has 3 nitrogen and oxygen atoms in total. The maximum absolute atomic E-state index is 10.9. The Balaban J connectivity index is 2.41. The van der Waals surface area contributed by atoms with Gasteiger partial charge in [0.1, 0.15) is 0 Å². The molecule has 0 aromatic rings. The van der Waals surface area contributed by atoms with Crippen LogP contribution < -0.4 is 0 Å². The summed E-state index contributed by atoms with van der Waals surface area (Å²) in [6, 6.07) is 0. The van der Waals surface area contributed by atoms with Crippen molar-refractivity contribution in [3.63, 3.8) is 0 Å². The van der Waals surface area contributed by atoms with Gasteiger partial charge in [-0.1, -0.05) is 26.8 Å². The molecule has 2 aliphatic carbocycles. The van der Waals surface area contributed by atoms with Crippen LogP contribution in [0.25, 0.3) is 0 Å². The minimum absolute atomic E-state index is 0.00932. The highest BCUT2D eigenvalue weighted by Gasteiger charge is 2.60. The van der Waals surface area contributed by atoms with E-state index in [4.69, 9.17) is 0 Å². The molecule has 0 aromatic carbocycles. The maximum atomic E-state index is 10.9. The molecular formula is C15H26O3. The second-order valence-electron chi connectivity index (χ2n) is 6.87. The number of aliphatic hydroxyl groups excluding tert-OH is 2. The highest BCUT2D eigenvalue weighted by Crippen LogP contribution is 2.57. The molecule has 0 saturated heterocycles. The van der Waals surface area contributed by atoms with E-state index in [9.17, 15) is 15.3 Å². The van der Waals surface area contributed by atoms with Crippen LogP contribution in [0.2, 0.25) is 0 Å². The van der Waals surface area contributed by atoms with E-state index in [-0.39, 0.29) is 17.3 Å². The number of allylic oxidation sites excluding steroid dienone is 1. The summed E-state index contributed by atoms with van der Waals surface area (Å²) in [5, 5.41) is 31.4. The van der Waals surface area contributed by atoms with E-state index in [0.717, 1.165) is 12.0 Å². The fourth-order valence-corrected chi connectivity index (χ4v) is 3.96. The molecule has 0 bridgehead atoms. The van der Waals surface area contributed by atoms with Crippen molar-refractivity contribution in [1.82, 2.24) is 0 Å². The Bertz CT molecular complexity index is 363. The number of hydrogen-bond acceptors (Lipinski definition) is 3. The van der Waals surface area contributed by atoms with Gasteiger partial charge < -0.3 is 15.3 Å². The second-order valence-corrected chi connectivity index (χ2v) is 6.87. The Hall–Kier alpha value is -0.380. The standard InChI is InChI=1S/C15H26O3/c1-9(2)15(18)12-7-11(16)10(3)5-6-14(12,4)8-13(15)17/h5,9,11-13,16-18H,6-8H2,1-4H3/t11-,12-,13+,14+,15-/m0/s1. The van der Waals surface area contributed by atoms with Gasteiger partial charge in [0.2, 0.25) is 0 Å². The molecule has 5 atom stereocenters. The Morgan fingerprint density at radius 2 is 1.94 bits per heavy atom. The van der Waals surface area contributed by atoms with Gasteiger partial charge in [0.25, 0.3) is 0 Å². The predicted molar refractivity (Wildman–Crippen MR) is 71.0 cm³/mol. The van der Waals surface area contributed by atoms with Crippen molar-refractivity contribution in [2.24, 2.45) is 17.3 Å². The molecule has 2 aliphatic rings. The van der Waals surface area contributed by atoms with Crippen molar-refractivity contribution in [2.75, 3.05) is 0 Å². The minimum Gasteiger partial charge on any atom is -0.390 e. The first-order chi connectivity index (χ1) is 8.21. The molecule has 0 aromatic heterocycles. The van der Waals surface area contributed by atoms with Crippen molar-refractivity contribution < 1.29 is 15.3 Å². The molecule has 0 heterocycles. The van der Waals surface area contributed by atoms with Crippen LogP contribution in [-0.2, 0) is 0 Å². The molecule has 1 saturated carbocycles. The van der Waals surface area contributed by atoms with E-state index < -0.39 is 17.8 Å². The Morgan fingerprint density at radius 3 is 2.50 bits per heavy atom. The first-order valence-electron chi connectivity index (χ1n) is 6.97. The van der Waals surface area contributed by atoms with Crippen molar-refractivity contribution in [3.05, 3.63) is 11.6 Å². The van der Waals surface area contributed by atoms with E-state index in [2.05, 4.69) is 13.0 Å². The topological polar surface area (TPSA) is 60.7 Å². The number of aliphatic hydroxyl groups is 3. The van der Waals surface area contributed by atoms with Gasteiger partial charge in [0.15, 0.2) is 0 Å². The molecule has 3 heteroatoms. The molecule has 18 heavy (non-hydrogen) atoms. The van der Waals surface area contributed by atoms with Crippen molar-refractivity contribution in [1.29, 1.82) is 0 Å². The quantitative estimate of drug-likeness (QED) is 0.626. The molecule has 0 amide bonds. The van der Waals surface area contributed by atoms with Gasteiger partial charge in [-0.3, -0.25) is 0 Å². The third kappa shape index (κ3) is 1.84. The highest BCUT2D eigenvalue weighted by molar-refractivity contribution is 5.18. The second kappa shape index (κ2) is 4.32. The van der Waals surface area contributed by atoms with Crippen LogP contribution in [0, 0.1) is 17.3 Å². The smallest absolute Gasteiger partial charge is 0.0962 e. The lowest BCUT2D eigenvalue weighted by Crippen LogP contribution is -2.50. The number of fused-ring (bicyclic) bond motifs is 1. The molecule has 0 radical (unpaired) electrons. The highest BCUT2D eigenvalue weighted by atomic mass is 16.3. The fourth-order valence-electron chi connectivity index (χ4n) is 3.96. The lowest BCUT2D eigenvalue weighted by Gasteiger charge is -2.41. The summed E-state index contributed by atoms with van der Waals surface area (Å²) in [7, 11) is 0. The first kappa shape index (κ1) is 14.0. The van der Waals surface area contributed by atoms with Gasteiger partial charge in [-0.05, 0) is 49.0 Å². The van der Waals surface area contributed by atoms with Gasteiger partial charge in [-0.25, -0.2) is 0 Å². The summed E-state index contributed by atoms with van der Waals surface area (Å²) in [4.78, 5) is 0. The summed E-state index contributed by atoms with van der Waals surface area (Å²) in [6.45, 7) is 7.97. The fraction of sp³-hybridized carbons (Fsp3) is 0.867. The molecule has 1 fully saturated rings. The van der Waals surface area contributed by atoms with E-state index in [1.165, 1.54) is 0 Å². The van der Waals surface area contributed by atoms with Crippen LogP contribution in [-0.4, -0.2) is 33.1 Å². The molecule has 104 valence electrons. The minimum atomic E-state index is -1.08. The summed E-state index contributed by atoms with van der Waals surface area (Å²) in [5.41, 5.74) is -0.197. The third-order valence-electron chi connectivity index (χ3n) is 5.39. The van der Waals surface area contributed by atoms with Crippen LogP contribution >= 0.6 is 0 Å². The van der Waals surface area contributed by atoms with E-state index in [1.54, 1.807) is 0 Å². The number of rotatable bonds is 1. The van der Waals surface area contributed by atoms with Gasteiger partial charge in [0.05, 0.1) is 17.8 Å². The van der Waals surface area contributed by atoms with Crippen molar-refractivity contribution in [2.45, 2.75) is 64.8 Å². The van der Waals surface area contributed by atoms with Crippen LogP contribution in [0.4, 0.5) is 0 Å². The van der Waals surface area contributed by atoms with E-state index in [0.29, 0.717) is 12.8 Å². The lowest BCUT2D eigenvalue weighted by atomic mass is 9.68. The maximum Gasteiger partial charge on any atom is 0.0962 e. The predicted octanol–water partition coefficient (Wildman–Crippen LogP) is 1.86. The van der Waals surface area contributed by atoms with Crippen molar-refractivity contribution >= 4 is 0 Å². The van der Waals surface area contributed by atoms with Gasteiger partial charge in [-0.2, -0.15) is 0 Å². The summed E-state index contributed by atoms with van der Waals surface area (Å²) in [5.74, 6) is -0.0615. The van der Waals surface area contributed by atoms with Crippen LogP contribution in [0.5, 0.6) is 0 Å². The number of hydrogen-bond donors (Lipinski definition) is 3. The summed E-state index contributed by atoms with van der Waals surface area (Å²) in [6.07, 6.45) is 2.88. The molecule has 3 N–H and O–H groups in total. The summed E-state index contributed by atoms with van der Waals surface area (Å²) < 4.78 is 0. The Labute approximate surface area is 110 Å². The normalized spacial score (nSPS) is 48.9. The van der Waals surface area contributed by atoms with E-state index in [1.807, 2.05) is 20.8 Å². The Kier molecular flexibility index (Phi) is 3.37. The molecular weight excluding hydrogens is 228 g/mol. The van der Waals surface area contributed by atoms with E-state index >= 15 is 0 Å². The zero-order valence-electron chi connectivity index (χ0n) is 11.8. The molecule has 0 unspecified atom stereocenters. The molecule has 0 aliphatic heterocycles. The summed E-state index contributed by atoms with van der Waals surface area (Å²) >= 11 is 0. The zero-order valence-corrected chi connectivity index (χ0v) is 11.8. The van der Waals surface area contributed by atoms with Crippen molar-refractivity contribution in [3.8, 4) is 0 Å². The SMILES string of the molecule is CC1=CC[C@]2(C)C[C@@H](O)[C@](O)(C(C)C)[C@H]2C[C@@H]1O. The van der Waals surface area contributed by atoms with Gasteiger partial charge in [0, 0.05) is 0 Å². The van der Waals surface area contributed by atoms with Gasteiger partial charge in [-0.15, -0.1) is 0 Å². The zero-order chi connectivity index (χ0) is 13.7. The van der Waals surface area contributed by atoms with Crippen LogP contribution in [0.15, 0.2) is 11.6 Å². The lowest BCUT2D eigenvalue weighted by molar-refractivity contribution is -0.126. The third-order valence-corrected chi connectivity index (χ3v) is 5.39. The largest absolute Gasteiger partial charge is 0.390 e. The molecule has 0 spiro atoms. The molecule has 2 rings (SSSR count). The Morgan fingerprint density at radius 1 is 1.33 bits per heavy atom. The van der Waals surface area contributed by atoms with Crippen LogP contribution in [0.1, 0.15) is 47.0 Å². The average molecular weight is 254 g/mol. The average Bonchev–Trinajstić information content (AvgIpc) is 2.40. The van der Waals surface area contributed by atoms with Gasteiger partial charge >= 0.3 is 0 Å². The monoisotopic (exact) mass is 254 g/mol. The van der Waals surface area contributed by atoms with Crippen LogP contribution in [0.3, 0.4) is 0 Å². The first-order valence-corrected chi connectivity index (χ1v) is 6.97.